The summed E-state index contributed by atoms with van der Waals surface area (Å²) in [6.45, 7) is 0. The van der Waals surface area contributed by atoms with Gasteiger partial charge >= 0.3 is 0 Å². The molecule has 0 saturated heterocycles. The third-order valence-corrected chi connectivity index (χ3v) is 0. The molecule has 0 aromatic carbocycles. The zero-order valence-corrected chi connectivity index (χ0v) is 11.1. The van der Waals surface area contributed by atoms with Gasteiger partial charge in [-0.25, -0.2) is 0 Å². The first kappa shape index (κ1) is 29.3. The molecular formula is N4O12Pb-4. The molecule has 0 aliphatic heterocycles. The van der Waals surface area contributed by atoms with Crippen LogP contribution in [-0.2, 0) is 0 Å². The predicted molar refractivity (Wildman–Crippen MR) is 47.2 cm³/mol. The van der Waals surface area contributed by atoms with Crippen LogP contribution in [0.5, 0.6) is 0 Å². The largest absolute Gasteiger partial charge is 0.356 e. The Kier molecular flexibility index (Phi) is 40.5. The van der Waals surface area contributed by atoms with E-state index in [1.54, 1.807) is 0 Å². The van der Waals surface area contributed by atoms with Crippen molar-refractivity contribution < 1.29 is 20.3 Å². The Morgan fingerprint density at radius 3 is 0.412 bits per heavy atom. The molecule has 0 rings (SSSR count). The van der Waals surface area contributed by atoms with Crippen LogP contribution in [0, 0.1) is 61.3 Å². The zero-order chi connectivity index (χ0) is 14.3. The van der Waals surface area contributed by atoms with Crippen LogP contribution in [0.2, 0.25) is 0 Å². The molecule has 0 aliphatic carbocycles. The molecule has 0 amide bonds. The standard InChI is InChI=1S/4NO3.Pb/c4*2-1(3)4;/q4*-1;. The first-order valence-corrected chi connectivity index (χ1v) is 2.19. The van der Waals surface area contributed by atoms with E-state index < -0.39 is 20.3 Å². The van der Waals surface area contributed by atoms with Gasteiger partial charge in [0, 0.05) is 27.3 Å². The summed E-state index contributed by atoms with van der Waals surface area (Å²) in [4.78, 5) is 33.0. The van der Waals surface area contributed by atoms with Crippen molar-refractivity contribution in [2.45, 2.75) is 0 Å². The second-order valence-electron chi connectivity index (χ2n) is 0.894. The Labute approximate surface area is 109 Å². The fourth-order valence-electron chi connectivity index (χ4n) is 0. The third kappa shape index (κ3) is 363. The molecule has 17 heteroatoms. The molecule has 0 aromatic heterocycles. The fraction of sp³-hybridized carbons (Fsp3) is 0. The average Bonchev–Trinajstić information content (AvgIpc) is 1.76. The van der Waals surface area contributed by atoms with Crippen LogP contribution in [0.1, 0.15) is 0 Å². The van der Waals surface area contributed by atoms with Crippen LogP contribution in [0.25, 0.3) is 0 Å². The Hall–Kier alpha value is -2.28. The van der Waals surface area contributed by atoms with Gasteiger partial charge in [-0.1, -0.05) is 0 Å². The van der Waals surface area contributed by atoms with E-state index >= 15 is 0 Å². The van der Waals surface area contributed by atoms with Crippen molar-refractivity contribution in [1.29, 1.82) is 0 Å². The van der Waals surface area contributed by atoms with Crippen molar-refractivity contribution in [3.8, 4) is 0 Å². The maximum absolute atomic E-state index is 8.25. The van der Waals surface area contributed by atoms with E-state index in [1.165, 1.54) is 0 Å². The molecule has 0 saturated carbocycles. The summed E-state index contributed by atoms with van der Waals surface area (Å²) >= 11 is 0. The Morgan fingerprint density at radius 2 is 0.412 bits per heavy atom. The van der Waals surface area contributed by atoms with E-state index in [0.29, 0.717) is 0 Å². The van der Waals surface area contributed by atoms with Gasteiger partial charge in [-0.2, -0.15) is 0 Å². The predicted octanol–water partition coefficient (Wildman–Crippen LogP) is -1.34. The number of hydrogen-bond donors (Lipinski definition) is 0. The maximum atomic E-state index is 8.25. The summed E-state index contributed by atoms with van der Waals surface area (Å²) in [5, 5.41) is 59.0. The van der Waals surface area contributed by atoms with Crippen LogP contribution >= 0.6 is 0 Å². The molecule has 0 spiro atoms. The number of rotatable bonds is 0. The van der Waals surface area contributed by atoms with Crippen LogP contribution < -0.4 is 0 Å². The second kappa shape index (κ2) is 23.5. The van der Waals surface area contributed by atoms with E-state index in [1.807, 2.05) is 0 Å². The molecule has 0 aliphatic rings. The Balaban J connectivity index is -0.0000000369. The zero-order valence-electron chi connectivity index (χ0n) is 7.19. The van der Waals surface area contributed by atoms with Crippen molar-refractivity contribution >= 4 is 27.3 Å². The number of hydrogen-bond acceptors (Lipinski definition) is 12. The quantitative estimate of drug-likeness (QED) is 0.233. The summed E-state index contributed by atoms with van der Waals surface area (Å²) in [5.74, 6) is 0. The monoisotopic (exact) mass is 456 g/mol. The van der Waals surface area contributed by atoms with Crippen LogP contribution in [0.15, 0.2) is 0 Å². The van der Waals surface area contributed by atoms with Crippen molar-refractivity contribution in [3.63, 3.8) is 0 Å². The van der Waals surface area contributed by atoms with Crippen LogP contribution in [0.3, 0.4) is 0 Å². The normalized spacial score (nSPS) is 5.65. The van der Waals surface area contributed by atoms with E-state index in [4.69, 9.17) is 61.3 Å². The summed E-state index contributed by atoms with van der Waals surface area (Å²) in [5.41, 5.74) is 0. The van der Waals surface area contributed by atoms with E-state index in [0.717, 1.165) is 0 Å². The molecule has 0 unspecified atom stereocenters. The molecule has 0 bridgehead atoms. The van der Waals surface area contributed by atoms with Crippen molar-refractivity contribution in [1.82, 2.24) is 0 Å². The molecule has 4 radical (unpaired) electrons. The van der Waals surface area contributed by atoms with Crippen LogP contribution in [0.4, 0.5) is 0 Å². The molecular weight excluding hydrogens is 455 g/mol. The molecule has 0 atom stereocenters. The fourth-order valence-corrected chi connectivity index (χ4v) is 0. The minimum absolute atomic E-state index is 0. The minimum Gasteiger partial charge on any atom is -0.356 e. The van der Waals surface area contributed by atoms with Gasteiger partial charge in [-0.05, 0) is 0 Å². The van der Waals surface area contributed by atoms with Crippen LogP contribution in [-0.4, -0.2) is 47.6 Å². The number of nitrogens with zero attached hydrogens (tertiary/aromatic N) is 4. The van der Waals surface area contributed by atoms with Gasteiger partial charge in [0.05, 0.1) is 20.3 Å². The molecule has 0 N–H and O–H groups in total. The first-order valence-electron chi connectivity index (χ1n) is 2.19. The van der Waals surface area contributed by atoms with Crippen molar-refractivity contribution in [3.05, 3.63) is 61.3 Å². The molecule has 0 heterocycles. The maximum Gasteiger partial charge on any atom is 0.0689 e. The van der Waals surface area contributed by atoms with E-state index in [9.17, 15) is 0 Å². The van der Waals surface area contributed by atoms with Gasteiger partial charge in [0.15, 0.2) is 0 Å². The SMILES string of the molecule is O=[N+]([O-])[O-].O=[N+]([O-])[O-].O=[N+]([O-])[O-].O=[N+]([O-])[O-].[Pb]. The molecule has 0 aromatic rings. The first-order chi connectivity index (χ1) is 6.93. The van der Waals surface area contributed by atoms with Gasteiger partial charge < -0.3 is 61.3 Å². The molecule has 16 nitrogen and oxygen atoms in total. The van der Waals surface area contributed by atoms with Crippen molar-refractivity contribution in [2.75, 3.05) is 0 Å². The molecule has 100 valence electrons. The smallest absolute Gasteiger partial charge is 0.0689 e. The Morgan fingerprint density at radius 1 is 0.412 bits per heavy atom. The van der Waals surface area contributed by atoms with Gasteiger partial charge in [0.25, 0.3) is 0 Å². The summed E-state index contributed by atoms with van der Waals surface area (Å²) in [6.07, 6.45) is 0. The van der Waals surface area contributed by atoms with E-state index in [2.05, 4.69) is 0 Å². The Bertz CT molecular complexity index is 159. The van der Waals surface area contributed by atoms with E-state index in [-0.39, 0.29) is 27.3 Å². The average molecular weight is 455 g/mol. The summed E-state index contributed by atoms with van der Waals surface area (Å²) in [6, 6.07) is 0. The molecule has 0 fully saturated rings. The topological polar surface area (TPSA) is 265 Å². The van der Waals surface area contributed by atoms with Crippen molar-refractivity contribution in [2.24, 2.45) is 0 Å². The van der Waals surface area contributed by atoms with Gasteiger partial charge in [0.1, 0.15) is 0 Å². The van der Waals surface area contributed by atoms with Gasteiger partial charge in [0.2, 0.25) is 0 Å². The summed E-state index contributed by atoms with van der Waals surface area (Å²) < 4.78 is 0. The minimum atomic E-state index is -1.75. The van der Waals surface area contributed by atoms with Gasteiger partial charge in [-0.3, -0.25) is 0 Å². The van der Waals surface area contributed by atoms with Gasteiger partial charge in [-0.15, -0.1) is 0 Å². The second-order valence-corrected chi connectivity index (χ2v) is 0.894. The summed E-state index contributed by atoms with van der Waals surface area (Å²) in [7, 11) is 0. The molecule has 17 heavy (non-hydrogen) atoms. The third-order valence-electron chi connectivity index (χ3n) is 0.